The second-order valence-electron chi connectivity index (χ2n) is 3.75. The molecule has 1 aliphatic rings. The largest absolute Gasteiger partial charge is 0.379 e. The van der Waals surface area contributed by atoms with E-state index >= 15 is 0 Å². The zero-order valence-electron chi connectivity index (χ0n) is 9.01. The van der Waals surface area contributed by atoms with Gasteiger partial charge in [0.2, 0.25) is 0 Å². The van der Waals surface area contributed by atoms with Gasteiger partial charge in [0, 0.05) is 42.8 Å². The maximum atomic E-state index is 5.79. The number of morpholine rings is 1. The van der Waals surface area contributed by atoms with E-state index in [4.69, 9.17) is 27.9 Å². The third-order valence-corrected chi connectivity index (χ3v) is 2.99. The lowest BCUT2D eigenvalue weighted by atomic mass is 10.3. The van der Waals surface area contributed by atoms with Gasteiger partial charge in [-0.3, -0.25) is 4.90 Å². The molecule has 1 heterocycles. The van der Waals surface area contributed by atoms with E-state index < -0.39 is 0 Å². The van der Waals surface area contributed by atoms with Gasteiger partial charge in [-0.2, -0.15) is 0 Å². The maximum absolute atomic E-state index is 5.79. The van der Waals surface area contributed by atoms with Crippen LogP contribution in [0.4, 0.5) is 0 Å². The van der Waals surface area contributed by atoms with Gasteiger partial charge in [0.25, 0.3) is 0 Å². The number of rotatable bonds is 5. The summed E-state index contributed by atoms with van der Waals surface area (Å²) in [6.07, 6.45) is 0. The zero-order valence-corrected chi connectivity index (χ0v) is 10.5. The van der Waals surface area contributed by atoms with Gasteiger partial charge in [0.15, 0.2) is 0 Å². The zero-order chi connectivity index (χ0) is 11.1. The van der Waals surface area contributed by atoms with Crippen LogP contribution >= 0.6 is 23.2 Å². The number of ether oxygens (including phenoxy) is 1. The van der Waals surface area contributed by atoms with Gasteiger partial charge in [-0.1, -0.05) is 23.2 Å². The summed E-state index contributed by atoms with van der Waals surface area (Å²) in [5.41, 5.74) is 1.40. The molecule has 1 N–H and O–H groups in total. The lowest BCUT2D eigenvalue weighted by molar-refractivity contribution is 0.0345. The van der Waals surface area contributed by atoms with Crippen LogP contribution in [-0.4, -0.2) is 50.3 Å². The summed E-state index contributed by atoms with van der Waals surface area (Å²) in [5.74, 6) is 0. The average Bonchev–Trinajstić information content (AvgIpc) is 2.27. The Balaban J connectivity index is 2.14. The minimum absolute atomic E-state index is 0.411. The van der Waals surface area contributed by atoms with Crippen LogP contribution in [0.5, 0.6) is 0 Å². The normalized spacial score (nSPS) is 21.7. The second kappa shape index (κ2) is 7.47. The van der Waals surface area contributed by atoms with E-state index in [1.165, 1.54) is 5.54 Å². The van der Waals surface area contributed by atoms with Crippen molar-refractivity contribution in [2.45, 2.75) is 13.0 Å². The number of hydrogen-bond acceptors (Lipinski definition) is 3. The second-order valence-corrected chi connectivity index (χ2v) is 4.45. The highest BCUT2D eigenvalue weighted by Crippen LogP contribution is 2.02. The predicted molar refractivity (Wildman–Crippen MR) is 64.5 cm³/mol. The predicted octanol–water partition coefficient (Wildman–Crippen LogP) is 1.62. The molecular formula is C10H18Cl2N2O. The van der Waals surface area contributed by atoms with Gasteiger partial charge in [0.05, 0.1) is 13.2 Å². The Morgan fingerprint density at radius 3 is 2.80 bits per heavy atom. The molecule has 5 heteroatoms. The van der Waals surface area contributed by atoms with Crippen molar-refractivity contribution in [3.63, 3.8) is 0 Å². The molecule has 0 aromatic carbocycles. The first-order valence-electron chi connectivity index (χ1n) is 5.20. The molecule has 1 unspecified atom stereocenters. The highest BCUT2D eigenvalue weighted by Gasteiger charge is 2.13. The van der Waals surface area contributed by atoms with Gasteiger partial charge in [0.1, 0.15) is 0 Å². The molecule has 1 atom stereocenters. The summed E-state index contributed by atoms with van der Waals surface area (Å²) in [4.78, 5) is 2.39. The molecule has 15 heavy (non-hydrogen) atoms. The maximum Gasteiger partial charge on any atom is 0.0594 e. The number of hydrogen-bond donors (Lipinski definition) is 1. The van der Waals surface area contributed by atoms with Crippen LogP contribution < -0.4 is 5.32 Å². The molecule has 1 saturated heterocycles. The minimum atomic E-state index is 0.411. The molecule has 1 fully saturated rings. The van der Waals surface area contributed by atoms with Crippen LogP contribution in [0.25, 0.3) is 0 Å². The molecular weight excluding hydrogens is 235 g/mol. The Kier molecular flexibility index (Phi) is 6.61. The van der Waals surface area contributed by atoms with Gasteiger partial charge in [-0.25, -0.2) is 0 Å². The van der Waals surface area contributed by atoms with Crippen molar-refractivity contribution in [3.05, 3.63) is 10.6 Å². The van der Waals surface area contributed by atoms with E-state index in [9.17, 15) is 0 Å². The molecule has 1 rings (SSSR count). The quantitative estimate of drug-likeness (QED) is 0.805. The summed E-state index contributed by atoms with van der Waals surface area (Å²) in [6, 6.07) is 0.411. The fourth-order valence-corrected chi connectivity index (χ4v) is 1.70. The van der Waals surface area contributed by atoms with Gasteiger partial charge in [-0.15, -0.1) is 0 Å². The van der Waals surface area contributed by atoms with E-state index in [0.29, 0.717) is 17.6 Å². The summed E-state index contributed by atoms with van der Waals surface area (Å²) in [6.45, 7) is 7.53. The van der Waals surface area contributed by atoms with Crippen molar-refractivity contribution in [2.75, 3.05) is 39.4 Å². The lowest BCUT2D eigenvalue weighted by Gasteiger charge is -2.29. The van der Waals surface area contributed by atoms with E-state index in [0.717, 1.165) is 32.8 Å². The molecule has 0 amide bonds. The van der Waals surface area contributed by atoms with Crippen LogP contribution in [0.15, 0.2) is 10.6 Å². The van der Waals surface area contributed by atoms with Gasteiger partial charge >= 0.3 is 0 Å². The van der Waals surface area contributed by atoms with Crippen LogP contribution in [-0.2, 0) is 4.74 Å². The first-order valence-corrected chi connectivity index (χ1v) is 6.02. The van der Waals surface area contributed by atoms with Crippen molar-refractivity contribution in [1.29, 1.82) is 0 Å². The first-order chi connectivity index (χ1) is 7.22. The molecule has 0 spiro atoms. The molecule has 0 aromatic heterocycles. The Bertz CT molecular complexity index is 206. The minimum Gasteiger partial charge on any atom is -0.379 e. The Labute approximate surface area is 101 Å². The Morgan fingerprint density at radius 1 is 1.53 bits per heavy atom. The molecule has 88 valence electrons. The third-order valence-electron chi connectivity index (χ3n) is 2.37. The molecule has 0 saturated carbocycles. The molecule has 0 aromatic rings. The van der Waals surface area contributed by atoms with Gasteiger partial charge < -0.3 is 10.1 Å². The molecule has 0 bridgehead atoms. The third kappa shape index (κ3) is 5.73. The van der Waals surface area contributed by atoms with Crippen molar-refractivity contribution in [1.82, 2.24) is 10.2 Å². The summed E-state index contributed by atoms with van der Waals surface area (Å²) < 4.78 is 5.29. The molecule has 1 aliphatic heterocycles. The first kappa shape index (κ1) is 13.3. The SMILES string of the molecule is CC(CN1CCOCC1)NCC(Cl)=CCl. The van der Waals surface area contributed by atoms with Crippen molar-refractivity contribution >= 4 is 23.2 Å². The van der Waals surface area contributed by atoms with Crippen LogP contribution in [0.3, 0.4) is 0 Å². The van der Waals surface area contributed by atoms with Crippen LogP contribution in [0, 0.1) is 0 Å². The molecule has 0 radical (unpaired) electrons. The highest BCUT2D eigenvalue weighted by molar-refractivity contribution is 6.36. The van der Waals surface area contributed by atoms with E-state index in [1.807, 2.05) is 0 Å². The van der Waals surface area contributed by atoms with Crippen LogP contribution in [0.1, 0.15) is 6.92 Å². The Morgan fingerprint density at radius 2 is 2.20 bits per heavy atom. The summed E-state index contributed by atoms with van der Waals surface area (Å²) in [7, 11) is 0. The summed E-state index contributed by atoms with van der Waals surface area (Å²) in [5, 5.41) is 3.96. The number of nitrogens with one attached hydrogen (secondary N) is 1. The molecule has 3 nitrogen and oxygen atoms in total. The standard InChI is InChI=1S/C10H18Cl2N2O/c1-9(13-7-10(12)6-11)8-14-2-4-15-5-3-14/h6,9,13H,2-5,7-8H2,1H3. The topological polar surface area (TPSA) is 24.5 Å². The van der Waals surface area contributed by atoms with E-state index in [-0.39, 0.29) is 0 Å². The van der Waals surface area contributed by atoms with E-state index in [2.05, 4.69) is 17.1 Å². The van der Waals surface area contributed by atoms with Crippen LogP contribution in [0.2, 0.25) is 0 Å². The number of halogens is 2. The van der Waals surface area contributed by atoms with Crippen molar-refractivity contribution in [3.8, 4) is 0 Å². The monoisotopic (exact) mass is 252 g/mol. The van der Waals surface area contributed by atoms with Gasteiger partial charge in [-0.05, 0) is 6.92 Å². The van der Waals surface area contributed by atoms with Crippen molar-refractivity contribution < 1.29 is 4.74 Å². The highest BCUT2D eigenvalue weighted by atomic mass is 35.5. The fourth-order valence-electron chi connectivity index (χ4n) is 1.55. The molecule has 0 aliphatic carbocycles. The summed E-state index contributed by atoms with van der Waals surface area (Å²) >= 11 is 11.3. The average molecular weight is 253 g/mol. The lowest BCUT2D eigenvalue weighted by Crippen LogP contribution is -2.44. The smallest absolute Gasteiger partial charge is 0.0594 e. The van der Waals surface area contributed by atoms with Crippen molar-refractivity contribution in [2.24, 2.45) is 0 Å². The number of nitrogens with zero attached hydrogens (tertiary/aromatic N) is 1. The fraction of sp³-hybridized carbons (Fsp3) is 0.800. The van der Waals surface area contributed by atoms with E-state index in [1.54, 1.807) is 0 Å². The Hall–Kier alpha value is 0.200.